The van der Waals surface area contributed by atoms with Gasteiger partial charge in [0, 0.05) is 18.8 Å². The fourth-order valence-corrected chi connectivity index (χ4v) is 2.35. The molecule has 1 aliphatic heterocycles. The van der Waals surface area contributed by atoms with Crippen LogP contribution in [0.3, 0.4) is 0 Å². The smallest absolute Gasteiger partial charge is 0.330 e. The molecule has 2 amide bonds. The highest BCUT2D eigenvalue weighted by Gasteiger charge is 2.30. The number of nitrogens with one attached hydrogen (secondary N) is 1. The van der Waals surface area contributed by atoms with Crippen LogP contribution in [0.15, 0.2) is 24.3 Å². The number of rotatable bonds is 2. The van der Waals surface area contributed by atoms with Gasteiger partial charge in [0.1, 0.15) is 0 Å². The van der Waals surface area contributed by atoms with Crippen LogP contribution in [0, 0.1) is 5.92 Å². The molecule has 116 valence electrons. The van der Waals surface area contributed by atoms with Crippen LogP contribution in [0.5, 0.6) is 0 Å². The lowest BCUT2D eigenvalue weighted by Gasteiger charge is -2.31. The molecule has 0 bridgehead atoms. The highest BCUT2D eigenvalue weighted by molar-refractivity contribution is 5.89. The quantitative estimate of drug-likeness (QED) is 0.882. The second kappa shape index (κ2) is 6.34. The van der Waals surface area contributed by atoms with Crippen molar-refractivity contribution in [3.8, 4) is 0 Å². The van der Waals surface area contributed by atoms with Crippen molar-refractivity contribution in [1.29, 1.82) is 0 Å². The lowest BCUT2D eigenvalue weighted by Crippen LogP contribution is -2.42. The second-order valence-electron chi connectivity index (χ2n) is 5.17. The minimum atomic E-state index is -4.42. The molecule has 0 aromatic heterocycles. The molecule has 0 unspecified atom stereocenters. The lowest BCUT2D eigenvalue weighted by molar-refractivity contribution is -0.137. The molecule has 0 aliphatic carbocycles. The first-order chi connectivity index (χ1) is 9.90. The number of halogens is 3. The third-order valence-corrected chi connectivity index (χ3v) is 3.68. The number of anilines is 1. The molecule has 1 aromatic rings. The van der Waals surface area contributed by atoms with E-state index >= 15 is 0 Å². The number of benzene rings is 1. The van der Waals surface area contributed by atoms with Gasteiger partial charge in [-0.05, 0) is 43.5 Å². The Morgan fingerprint density at radius 1 is 1.33 bits per heavy atom. The number of alkyl halides is 3. The van der Waals surface area contributed by atoms with Gasteiger partial charge in [0.15, 0.2) is 0 Å². The first-order valence-electron chi connectivity index (χ1n) is 6.83. The Hall–Kier alpha value is -1.76. The third kappa shape index (κ3) is 4.10. The Labute approximate surface area is 121 Å². The fourth-order valence-electron chi connectivity index (χ4n) is 2.35. The van der Waals surface area contributed by atoms with E-state index in [9.17, 15) is 18.0 Å². The van der Waals surface area contributed by atoms with E-state index < -0.39 is 11.7 Å². The van der Waals surface area contributed by atoms with E-state index in [0.717, 1.165) is 25.0 Å². The first-order valence-corrected chi connectivity index (χ1v) is 6.83. The molecule has 4 nitrogen and oxygen atoms in total. The summed E-state index contributed by atoms with van der Waals surface area (Å²) >= 11 is 0. The number of amides is 2. The number of nitrogens with two attached hydrogens (primary N) is 1. The van der Waals surface area contributed by atoms with Gasteiger partial charge in [0.2, 0.25) is 0 Å². The van der Waals surface area contributed by atoms with Crippen LogP contribution in [0.25, 0.3) is 0 Å². The maximum atomic E-state index is 12.6. The van der Waals surface area contributed by atoms with Crippen LogP contribution in [0.2, 0.25) is 0 Å². The van der Waals surface area contributed by atoms with Crippen LogP contribution in [0.4, 0.5) is 23.7 Å². The zero-order chi connectivity index (χ0) is 15.5. The van der Waals surface area contributed by atoms with Gasteiger partial charge in [0.25, 0.3) is 0 Å². The Bertz CT molecular complexity index is 496. The first kappa shape index (κ1) is 15.6. The van der Waals surface area contributed by atoms with Crippen molar-refractivity contribution in [1.82, 2.24) is 4.90 Å². The molecular formula is C14H18F3N3O. The number of carbonyl (C=O) groups excluding carboxylic acids is 1. The van der Waals surface area contributed by atoms with Crippen molar-refractivity contribution in [2.24, 2.45) is 11.7 Å². The summed E-state index contributed by atoms with van der Waals surface area (Å²) in [6.45, 7) is 1.75. The van der Waals surface area contributed by atoms with Gasteiger partial charge in [-0.3, -0.25) is 0 Å². The molecule has 3 N–H and O–H groups in total. The summed E-state index contributed by atoms with van der Waals surface area (Å²) in [5.74, 6) is 0.419. The number of likely N-dealkylation sites (tertiary alicyclic amines) is 1. The number of hydrogen-bond donors (Lipinski definition) is 2. The van der Waals surface area contributed by atoms with Gasteiger partial charge in [-0.15, -0.1) is 0 Å². The SMILES string of the molecule is NCC1CCN(C(=O)Nc2cccc(C(F)(F)F)c2)CC1. The molecule has 1 aliphatic rings. The van der Waals surface area contributed by atoms with Crippen LogP contribution in [0.1, 0.15) is 18.4 Å². The largest absolute Gasteiger partial charge is 0.416 e. The highest BCUT2D eigenvalue weighted by atomic mass is 19.4. The van der Waals surface area contributed by atoms with E-state index in [-0.39, 0.29) is 11.7 Å². The van der Waals surface area contributed by atoms with Crippen LogP contribution < -0.4 is 11.1 Å². The molecule has 1 saturated heterocycles. The molecule has 1 fully saturated rings. The average Bonchev–Trinajstić information content (AvgIpc) is 2.47. The van der Waals surface area contributed by atoms with E-state index in [2.05, 4.69) is 5.32 Å². The zero-order valence-corrected chi connectivity index (χ0v) is 11.5. The Kier molecular flexibility index (Phi) is 4.72. The maximum Gasteiger partial charge on any atom is 0.416 e. The molecule has 2 rings (SSSR count). The number of urea groups is 1. The molecule has 7 heteroatoms. The van der Waals surface area contributed by atoms with Gasteiger partial charge in [-0.25, -0.2) is 4.79 Å². The molecule has 0 saturated carbocycles. The summed E-state index contributed by atoms with van der Waals surface area (Å²) < 4.78 is 37.8. The van der Waals surface area contributed by atoms with Gasteiger partial charge in [-0.2, -0.15) is 13.2 Å². The van der Waals surface area contributed by atoms with Gasteiger partial charge < -0.3 is 16.0 Å². The predicted molar refractivity (Wildman–Crippen MR) is 73.8 cm³/mol. The Balaban J connectivity index is 1.97. The summed E-state index contributed by atoms with van der Waals surface area (Å²) in [5.41, 5.74) is 4.95. The molecule has 0 atom stereocenters. The van der Waals surface area contributed by atoms with E-state index in [0.29, 0.717) is 25.6 Å². The van der Waals surface area contributed by atoms with Crippen LogP contribution >= 0.6 is 0 Å². The monoisotopic (exact) mass is 301 g/mol. The zero-order valence-electron chi connectivity index (χ0n) is 11.5. The molecule has 1 aromatic carbocycles. The summed E-state index contributed by atoms with van der Waals surface area (Å²) in [6, 6.07) is 4.26. The lowest BCUT2D eigenvalue weighted by atomic mass is 9.97. The standard InChI is InChI=1S/C14H18F3N3O/c15-14(16,17)11-2-1-3-12(8-11)19-13(21)20-6-4-10(9-18)5-7-20/h1-3,8,10H,4-7,9,18H2,(H,19,21). The van der Waals surface area contributed by atoms with Crippen molar-refractivity contribution in [3.63, 3.8) is 0 Å². The van der Waals surface area contributed by atoms with Crippen molar-refractivity contribution in [2.45, 2.75) is 19.0 Å². The van der Waals surface area contributed by atoms with Crippen molar-refractivity contribution in [2.75, 3.05) is 25.0 Å². The van der Waals surface area contributed by atoms with E-state index in [4.69, 9.17) is 5.73 Å². The summed E-state index contributed by atoms with van der Waals surface area (Å²) in [6.07, 6.45) is -2.76. The molecule has 21 heavy (non-hydrogen) atoms. The van der Waals surface area contributed by atoms with Crippen LogP contribution in [-0.2, 0) is 6.18 Å². The van der Waals surface area contributed by atoms with E-state index in [1.807, 2.05) is 0 Å². The van der Waals surface area contributed by atoms with Crippen LogP contribution in [-0.4, -0.2) is 30.6 Å². The van der Waals surface area contributed by atoms with E-state index in [1.165, 1.54) is 12.1 Å². The fraction of sp³-hybridized carbons (Fsp3) is 0.500. The molecule has 1 heterocycles. The molecule has 0 radical (unpaired) electrons. The summed E-state index contributed by atoms with van der Waals surface area (Å²) in [5, 5.41) is 2.51. The summed E-state index contributed by atoms with van der Waals surface area (Å²) in [7, 11) is 0. The van der Waals surface area contributed by atoms with Gasteiger partial charge >= 0.3 is 12.2 Å². The molecular weight excluding hydrogens is 283 g/mol. The Morgan fingerprint density at radius 2 is 2.00 bits per heavy atom. The molecule has 0 spiro atoms. The van der Waals surface area contributed by atoms with Gasteiger partial charge in [0.05, 0.1) is 5.56 Å². The minimum Gasteiger partial charge on any atom is -0.330 e. The van der Waals surface area contributed by atoms with Crippen molar-refractivity contribution >= 4 is 11.7 Å². The normalized spacial score (nSPS) is 16.9. The summed E-state index contributed by atoms with van der Waals surface area (Å²) in [4.78, 5) is 13.6. The van der Waals surface area contributed by atoms with E-state index in [1.54, 1.807) is 4.90 Å². The van der Waals surface area contributed by atoms with Gasteiger partial charge in [-0.1, -0.05) is 6.07 Å². The maximum absolute atomic E-state index is 12.6. The number of hydrogen-bond acceptors (Lipinski definition) is 2. The second-order valence-corrected chi connectivity index (χ2v) is 5.17. The third-order valence-electron chi connectivity index (χ3n) is 3.68. The number of nitrogens with zero attached hydrogens (tertiary/aromatic N) is 1. The number of carbonyl (C=O) groups is 1. The van der Waals surface area contributed by atoms with Crippen molar-refractivity contribution < 1.29 is 18.0 Å². The average molecular weight is 301 g/mol. The number of piperidine rings is 1. The van der Waals surface area contributed by atoms with Crippen molar-refractivity contribution in [3.05, 3.63) is 29.8 Å². The Morgan fingerprint density at radius 3 is 2.57 bits per heavy atom. The minimum absolute atomic E-state index is 0.149. The topological polar surface area (TPSA) is 58.4 Å². The highest BCUT2D eigenvalue weighted by Crippen LogP contribution is 2.30. The predicted octanol–water partition coefficient (Wildman–Crippen LogP) is 2.91.